The number of methoxy groups -OCH3 is 1. The Labute approximate surface area is 112 Å². The Morgan fingerprint density at radius 1 is 1.16 bits per heavy atom. The van der Waals surface area contributed by atoms with Crippen molar-refractivity contribution in [3.05, 3.63) is 30.3 Å². The van der Waals surface area contributed by atoms with Crippen LogP contribution in [0.5, 0.6) is 11.6 Å². The van der Waals surface area contributed by atoms with Gasteiger partial charge < -0.3 is 15.2 Å². The summed E-state index contributed by atoms with van der Waals surface area (Å²) in [5.74, 6) is 1.42. The molecule has 0 amide bonds. The molecule has 0 fully saturated rings. The lowest BCUT2D eigenvalue weighted by atomic mass is 10.1. The van der Waals surface area contributed by atoms with Crippen molar-refractivity contribution in [2.45, 2.75) is 20.0 Å². The van der Waals surface area contributed by atoms with Crippen molar-refractivity contribution in [3.8, 4) is 22.9 Å². The van der Waals surface area contributed by atoms with Gasteiger partial charge in [0.1, 0.15) is 5.75 Å². The quantitative estimate of drug-likeness (QED) is 0.913. The summed E-state index contributed by atoms with van der Waals surface area (Å²) in [6, 6.07) is 9.42. The molecule has 0 atom stereocenters. The summed E-state index contributed by atoms with van der Waals surface area (Å²) in [6.45, 7) is 3.97. The summed E-state index contributed by atoms with van der Waals surface area (Å²) in [5, 5.41) is 0. The minimum Gasteiger partial charge on any atom is -0.491 e. The Morgan fingerprint density at radius 2 is 1.95 bits per heavy atom. The van der Waals surface area contributed by atoms with Gasteiger partial charge in [-0.3, -0.25) is 0 Å². The molecule has 0 aliphatic carbocycles. The number of aromatic nitrogens is 2. The van der Waals surface area contributed by atoms with E-state index < -0.39 is 0 Å². The van der Waals surface area contributed by atoms with Crippen LogP contribution in [0.3, 0.4) is 0 Å². The number of nitrogens with two attached hydrogens (primary N) is 1. The normalized spacial score (nSPS) is 10.5. The zero-order chi connectivity index (χ0) is 13.8. The molecule has 0 spiro atoms. The van der Waals surface area contributed by atoms with E-state index in [-0.39, 0.29) is 12.1 Å². The molecule has 19 heavy (non-hydrogen) atoms. The maximum absolute atomic E-state index is 5.66. The van der Waals surface area contributed by atoms with Crippen molar-refractivity contribution < 1.29 is 9.47 Å². The van der Waals surface area contributed by atoms with E-state index in [2.05, 4.69) is 9.97 Å². The molecular formula is C14H17N3O2. The fourth-order valence-electron chi connectivity index (χ4n) is 1.70. The first-order chi connectivity index (χ1) is 9.08. The highest BCUT2D eigenvalue weighted by atomic mass is 16.5. The van der Waals surface area contributed by atoms with Crippen LogP contribution in [0.15, 0.2) is 30.3 Å². The molecule has 100 valence electrons. The highest BCUT2D eigenvalue weighted by Gasteiger charge is 2.07. The van der Waals surface area contributed by atoms with Crippen LogP contribution < -0.4 is 15.2 Å². The molecule has 0 aliphatic rings. The molecular weight excluding hydrogens is 242 g/mol. The van der Waals surface area contributed by atoms with Crippen LogP contribution in [0.2, 0.25) is 0 Å². The largest absolute Gasteiger partial charge is 0.491 e. The highest BCUT2D eigenvalue weighted by molar-refractivity contribution is 5.63. The first-order valence-electron chi connectivity index (χ1n) is 6.04. The van der Waals surface area contributed by atoms with E-state index in [0.717, 1.165) is 11.3 Å². The molecule has 1 aromatic carbocycles. The molecule has 1 heterocycles. The van der Waals surface area contributed by atoms with Crippen LogP contribution >= 0.6 is 0 Å². The van der Waals surface area contributed by atoms with Gasteiger partial charge in [-0.15, -0.1) is 0 Å². The van der Waals surface area contributed by atoms with Gasteiger partial charge in [0.15, 0.2) is 0 Å². The van der Waals surface area contributed by atoms with E-state index in [1.165, 1.54) is 0 Å². The SMILES string of the molecule is COc1cc(-c2cccc(OC(C)C)c2)nc(N)n1. The van der Waals surface area contributed by atoms with Crippen molar-refractivity contribution in [2.75, 3.05) is 12.8 Å². The lowest BCUT2D eigenvalue weighted by Crippen LogP contribution is -2.05. The smallest absolute Gasteiger partial charge is 0.223 e. The topological polar surface area (TPSA) is 70.3 Å². The molecule has 1 aromatic heterocycles. The van der Waals surface area contributed by atoms with Gasteiger partial charge in [-0.05, 0) is 26.0 Å². The second-order valence-corrected chi connectivity index (χ2v) is 4.35. The minimum absolute atomic E-state index is 0.125. The number of benzene rings is 1. The van der Waals surface area contributed by atoms with Gasteiger partial charge in [0.2, 0.25) is 11.8 Å². The van der Waals surface area contributed by atoms with E-state index in [9.17, 15) is 0 Å². The van der Waals surface area contributed by atoms with E-state index in [1.807, 2.05) is 38.1 Å². The van der Waals surface area contributed by atoms with Gasteiger partial charge in [0, 0.05) is 11.6 Å². The van der Waals surface area contributed by atoms with Crippen molar-refractivity contribution >= 4 is 5.95 Å². The summed E-state index contributed by atoms with van der Waals surface area (Å²) < 4.78 is 10.7. The zero-order valence-electron chi connectivity index (χ0n) is 11.3. The molecule has 0 saturated heterocycles. The van der Waals surface area contributed by atoms with Crippen LogP contribution in [0, 0.1) is 0 Å². The lowest BCUT2D eigenvalue weighted by molar-refractivity contribution is 0.242. The fraction of sp³-hybridized carbons (Fsp3) is 0.286. The molecule has 2 N–H and O–H groups in total. The second kappa shape index (κ2) is 5.56. The summed E-state index contributed by atoms with van der Waals surface area (Å²) >= 11 is 0. The average molecular weight is 259 g/mol. The van der Waals surface area contributed by atoms with E-state index in [0.29, 0.717) is 11.6 Å². The first-order valence-corrected chi connectivity index (χ1v) is 6.04. The molecule has 0 radical (unpaired) electrons. The van der Waals surface area contributed by atoms with Gasteiger partial charge in [-0.25, -0.2) is 4.98 Å². The molecule has 2 rings (SSSR count). The fourth-order valence-corrected chi connectivity index (χ4v) is 1.70. The highest BCUT2D eigenvalue weighted by Crippen LogP contribution is 2.25. The van der Waals surface area contributed by atoms with Gasteiger partial charge in [0.05, 0.1) is 18.9 Å². The standard InChI is InChI=1S/C14H17N3O2/c1-9(2)19-11-6-4-5-10(7-11)12-8-13(18-3)17-14(15)16-12/h4-9H,1-3H3,(H2,15,16,17). The van der Waals surface area contributed by atoms with Crippen molar-refractivity contribution in [2.24, 2.45) is 0 Å². The van der Waals surface area contributed by atoms with Crippen LogP contribution in [-0.4, -0.2) is 23.2 Å². The molecule has 5 nitrogen and oxygen atoms in total. The molecule has 5 heteroatoms. The number of anilines is 1. The van der Waals surface area contributed by atoms with Crippen LogP contribution in [-0.2, 0) is 0 Å². The third-order valence-electron chi connectivity index (χ3n) is 2.43. The van der Waals surface area contributed by atoms with Crippen molar-refractivity contribution in [3.63, 3.8) is 0 Å². The summed E-state index contributed by atoms with van der Waals surface area (Å²) in [4.78, 5) is 8.17. The van der Waals surface area contributed by atoms with Gasteiger partial charge in [0.25, 0.3) is 0 Å². The van der Waals surface area contributed by atoms with Gasteiger partial charge in [-0.2, -0.15) is 4.98 Å². The van der Waals surface area contributed by atoms with Crippen LogP contribution in [0.1, 0.15) is 13.8 Å². The summed E-state index contributed by atoms with van der Waals surface area (Å²) in [6.07, 6.45) is 0.125. The summed E-state index contributed by atoms with van der Waals surface area (Å²) in [7, 11) is 1.55. The molecule has 0 aliphatic heterocycles. The number of hydrogen-bond donors (Lipinski definition) is 1. The molecule has 0 bridgehead atoms. The number of hydrogen-bond acceptors (Lipinski definition) is 5. The van der Waals surface area contributed by atoms with Crippen LogP contribution in [0.25, 0.3) is 11.3 Å². The minimum atomic E-state index is 0.125. The van der Waals surface area contributed by atoms with Crippen molar-refractivity contribution in [1.82, 2.24) is 9.97 Å². The number of ether oxygens (including phenoxy) is 2. The maximum Gasteiger partial charge on any atom is 0.223 e. The lowest BCUT2D eigenvalue weighted by Gasteiger charge is -2.11. The average Bonchev–Trinajstić information content (AvgIpc) is 2.37. The Balaban J connectivity index is 2.38. The van der Waals surface area contributed by atoms with E-state index in [1.54, 1.807) is 13.2 Å². The number of nitrogen functional groups attached to an aromatic ring is 1. The number of nitrogens with zero attached hydrogens (tertiary/aromatic N) is 2. The van der Waals surface area contributed by atoms with E-state index in [4.69, 9.17) is 15.2 Å². The zero-order valence-corrected chi connectivity index (χ0v) is 11.3. The van der Waals surface area contributed by atoms with Crippen molar-refractivity contribution in [1.29, 1.82) is 0 Å². The second-order valence-electron chi connectivity index (χ2n) is 4.35. The third kappa shape index (κ3) is 3.34. The molecule has 2 aromatic rings. The van der Waals surface area contributed by atoms with Crippen LogP contribution in [0.4, 0.5) is 5.95 Å². The van der Waals surface area contributed by atoms with Gasteiger partial charge >= 0.3 is 0 Å². The Bertz CT molecular complexity index is 570. The molecule has 0 saturated carbocycles. The number of rotatable bonds is 4. The predicted octanol–water partition coefficient (Wildman–Crippen LogP) is 2.52. The Morgan fingerprint density at radius 3 is 2.63 bits per heavy atom. The Kier molecular flexibility index (Phi) is 3.85. The Hall–Kier alpha value is -2.30. The maximum atomic E-state index is 5.66. The van der Waals surface area contributed by atoms with Gasteiger partial charge in [-0.1, -0.05) is 12.1 Å². The third-order valence-corrected chi connectivity index (χ3v) is 2.43. The summed E-state index contributed by atoms with van der Waals surface area (Å²) in [5.41, 5.74) is 7.27. The monoisotopic (exact) mass is 259 g/mol. The first kappa shape index (κ1) is 13.1. The predicted molar refractivity (Wildman–Crippen MR) is 74.2 cm³/mol. The molecule has 0 unspecified atom stereocenters. The van der Waals surface area contributed by atoms with E-state index >= 15 is 0 Å².